The van der Waals surface area contributed by atoms with E-state index in [1.54, 1.807) is 0 Å². The van der Waals surface area contributed by atoms with Gasteiger partial charge in [0.15, 0.2) is 14.6 Å². The van der Waals surface area contributed by atoms with E-state index in [2.05, 4.69) is 37.5 Å². The molecule has 2 heterocycles. The van der Waals surface area contributed by atoms with Crippen LogP contribution in [0.2, 0.25) is 5.15 Å². The van der Waals surface area contributed by atoms with Crippen molar-refractivity contribution in [2.75, 3.05) is 0 Å². The van der Waals surface area contributed by atoms with Crippen LogP contribution >= 0.6 is 34.2 Å². The summed E-state index contributed by atoms with van der Waals surface area (Å²) in [6, 6.07) is 0. The molecular weight excluding hydrogens is 290 g/mol. The van der Waals surface area contributed by atoms with Gasteiger partial charge in [-0.3, -0.25) is 0 Å². The SMILES string of the molecule is Cn1c(I)nc2c(Cl)ncnc21. The molecule has 0 fully saturated rings. The van der Waals surface area contributed by atoms with Crippen molar-refractivity contribution in [3.05, 3.63) is 15.3 Å². The highest BCUT2D eigenvalue weighted by molar-refractivity contribution is 14.1. The summed E-state index contributed by atoms with van der Waals surface area (Å²) in [6.45, 7) is 0. The number of nitrogens with zero attached hydrogens (tertiary/aromatic N) is 4. The summed E-state index contributed by atoms with van der Waals surface area (Å²) >= 11 is 7.93. The predicted molar refractivity (Wildman–Crippen MR) is 54.0 cm³/mol. The van der Waals surface area contributed by atoms with Crippen LogP contribution in [0, 0.1) is 3.83 Å². The Balaban J connectivity index is 2.95. The van der Waals surface area contributed by atoms with Crippen molar-refractivity contribution in [3.8, 4) is 0 Å². The number of fused-ring (bicyclic) bond motifs is 1. The Morgan fingerprint density at radius 2 is 2.25 bits per heavy atom. The Morgan fingerprint density at radius 3 is 2.92 bits per heavy atom. The highest BCUT2D eigenvalue weighted by Gasteiger charge is 2.09. The third-order valence-corrected chi connectivity index (χ3v) is 2.80. The van der Waals surface area contributed by atoms with Crippen LogP contribution in [0.4, 0.5) is 0 Å². The van der Waals surface area contributed by atoms with E-state index < -0.39 is 0 Å². The molecule has 6 heteroatoms. The fourth-order valence-electron chi connectivity index (χ4n) is 0.945. The van der Waals surface area contributed by atoms with Gasteiger partial charge in [-0.2, -0.15) is 0 Å². The van der Waals surface area contributed by atoms with Crippen LogP contribution in [0.5, 0.6) is 0 Å². The molecule has 0 radical (unpaired) electrons. The largest absolute Gasteiger partial charge is 0.307 e. The molecule has 2 aromatic heterocycles. The predicted octanol–water partition coefficient (Wildman–Crippen LogP) is 1.62. The molecule has 0 amide bonds. The summed E-state index contributed by atoms with van der Waals surface area (Å²) in [7, 11) is 1.89. The van der Waals surface area contributed by atoms with Gasteiger partial charge in [-0.15, -0.1) is 0 Å². The molecule has 0 aliphatic rings. The van der Waals surface area contributed by atoms with Gasteiger partial charge in [-0.1, -0.05) is 11.6 Å². The lowest BCUT2D eigenvalue weighted by Crippen LogP contribution is -1.92. The number of aryl methyl sites for hydroxylation is 1. The van der Waals surface area contributed by atoms with Crippen molar-refractivity contribution in [2.24, 2.45) is 7.05 Å². The lowest BCUT2D eigenvalue weighted by Gasteiger charge is -1.92. The fraction of sp³-hybridized carbons (Fsp3) is 0.167. The molecule has 0 bridgehead atoms. The van der Waals surface area contributed by atoms with Gasteiger partial charge in [-0.05, 0) is 0 Å². The zero-order valence-electron chi connectivity index (χ0n) is 6.12. The zero-order valence-corrected chi connectivity index (χ0v) is 9.04. The van der Waals surface area contributed by atoms with Crippen molar-refractivity contribution < 1.29 is 0 Å². The summed E-state index contributed by atoms with van der Waals surface area (Å²) in [5, 5.41) is 0.401. The second-order valence-corrected chi connectivity index (χ2v) is 3.60. The monoisotopic (exact) mass is 294 g/mol. The Morgan fingerprint density at radius 1 is 1.50 bits per heavy atom. The average Bonchev–Trinajstić information content (AvgIpc) is 2.32. The molecule has 0 aliphatic heterocycles. The topological polar surface area (TPSA) is 43.6 Å². The van der Waals surface area contributed by atoms with Crippen LogP contribution < -0.4 is 0 Å². The summed E-state index contributed by atoms with van der Waals surface area (Å²) in [5.74, 6) is 0. The summed E-state index contributed by atoms with van der Waals surface area (Å²) in [4.78, 5) is 12.1. The third kappa shape index (κ3) is 1.08. The van der Waals surface area contributed by atoms with Crippen molar-refractivity contribution in [3.63, 3.8) is 0 Å². The minimum Gasteiger partial charge on any atom is -0.307 e. The molecule has 0 aliphatic carbocycles. The van der Waals surface area contributed by atoms with E-state index in [1.807, 2.05) is 11.6 Å². The second-order valence-electron chi connectivity index (χ2n) is 2.28. The molecular formula is C6H4ClIN4. The van der Waals surface area contributed by atoms with Gasteiger partial charge < -0.3 is 4.57 Å². The molecule has 0 N–H and O–H groups in total. The molecule has 0 saturated heterocycles. The second kappa shape index (κ2) is 2.81. The number of halogens is 2. The average molecular weight is 294 g/mol. The molecule has 62 valence electrons. The first-order valence-electron chi connectivity index (χ1n) is 3.18. The van der Waals surface area contributed by atoms with Gasteiger partial charge >= 0.3 is 0 Å². The lowest BCUT2D eigenvalue weighted by atomic mass is 10.6. The van der Waals surface area contributed by atoms with Crippen molar-refractivity contribution in [1.82, 2.24) is 19.5 Å². The van der Waals surface area contributed by atoms with Gasteiger partial charge in [0.25, 0.3) is 0 Å². The molecule has 0 atom stereocenters. The van der Waals surface area contributed by atoms with Crippen molar-refractivity contribution in [2.45, 2.75) is 0 Å². The highest BCUT2D eigenvalue weighted by Crippen LogP contribution is 2.19. The van der Waals surface area contributed by atoms with E-state index in [0.29, 0.717) is 10.7 Å². The standard InChI is InChI=1S/C6H4ClIN4/c1-12-5-3(11-6(12)8)4(7)9-2-10-5/h2H,1H3. The van der Waals surface area contributed by atoms with Gasteiger partial charge in [0.2, 0.25) is 0 Å². The van der Waals surface area contributed by atoms with E-state index in [0.717, 1.165) is 9.48 Å². The molecule has 0 spiro atoms. The molecule has 0 saturated carbocycles. The van der Waals surface area contributed by atoms with E-state index in [1.165, 1.54) is 6.33 Å². The summed E-state index contributed by atoms with van der Waals surface area (Å²) in [5.41, 5.74) is 1.42. The minimum atomic E-state index is 0.401. The highest BCUT2D eigenvalue weighted by atomic mass is 127. The number of hydrogen-bond acceptors (Lipinski definition) is 3. The maximum absolute atomic E-state index is 5.81. The molecule has 4 nitrogen and oxygen atoms in total. The first-order valence-corrected chi connectivity index (χ1v) is 4.64. The van der Waals surface area contributed by atoms with E-state index >= 15 is 0 Å². The molecule has 12 heavy (non-hydrogen) atoms. The Bertz CT molecular complexity index is 438. The Hall–Kier alpha value is -0.430. The zero-order chi connectivity index (χ0) is 8.72. The van der Waals surface area contributed by atoms with Crippen LogP contribution in [0.1, 0.15) is 0 Å². The van der Waals surface area contributed by atoms with Gasteiger partial charge in [-0.25, -0.2) is 15.0 Å². The molecule has 0 unspecified atom stereocenters. The summed E-state index contributed by atoms with van der Waals surface area (Å²) in [6.07, 6.45) is 1.43. The van der Waals surface area contributed by atoms with Crippen LogP contribution in [0.25, 0.3) is 11.2 Å². The van der Waals surface area contributed by atoms with Crippen LogP contribution in [-0.2, 0) is 7.05 Å². The first kappa shape index (κ1) is 8.18. The smallest absolute Gasteiger partial charge is 0.173 e. The molecule has 0 aromatic carbocycles. The normalized spacial score (nSPS) is 10.9. The van der Waals surface area contributed by atoms with E-state index in [9.17, 15) is 0 Å². The van der Waals surface area contributed by atoms with Crippen LogP contribution in [0.3, 0.4) is 0 Å². The Kier molecular flexibility index (Phi) is 1.91. The maximum Gasteiger partial charge on any atom is 0.173 e. The Labute approximate surface area is 87.1 Å². The van der Waals surface area contributed by atoms with E-state index in [-0.39, 0.29) is 0 Å². The van der Waals surface area contributed by atoms with Gasteiger partial charge in [0.05, 0.1) is 0 Å². The fourth-order valence-corrected chi connectivity index (χ4v) is 1.59. The van der Waals surface area contributed by atoms with Gasteiger partial charge in [0.1, 0.15) is 11.8 Å². The summed E-state index contributed by atoms with van der Waals surface area (Å²) < 4.78 is 2.72. The minimum absolute atomic E-state index is 0.401. The molecule has 2 aromatic rings. The first-order chi connectivity index (χ1) is 5.70. The van der Waals surface area contributed by atoms with Crippen molar-refractivity contribution in [1.29, 1.82) is 0 Å². The quantitative estimate of drug-likeness (QED) is 0.421. The van der Waals surface area contributed by atoms with Crippen molar-refractivity contribution >= 4 is 45.4 Å². The van der Waals surface area contributed by atoms with Crippen LogP contribution in [0.15, 0.2) is 6.33 Å². The number of imidazole rings is 1. The van der Waals surface area contributed by atoms with E-state index in [4.69, 9.17) is 11.6 Å². The number of rotatable bonds is 0. The third-order valence-electron chi connectivity index (χ3n) is 1.56. The lowest BCUT2D eigenvalue weighted by molar-refractivity contribution is 0.893. The van der Waals surface area contributed by atoms with Gasteiger partial charge in [0, 0.05) is 29.6 Å². The van der Waals surface area contributed by atoms with Crippen LogP contribution in [-0.4, -0.2) is 19.5 Å². The maximum atomic E-state index is 5.81. The number of aromatic nitrogens is 4. The number of hydrogen-bond donors (Lipinski definition) is 0. The molecule has 2 rings (SSSR count).